The van der Waals surface area contributed by atoms with E-state index in [0.29, 0.717) is 18.3 Å². The summed E-state index contributed by atoms with van der Waals surface area (Å²) >= 11 is 2.23. The van der Waals surface area contributed by atoms with Gasteiger partial charge in [0.1, 0.15) is 5.75 Å². The highest BCUT2D eigenvalue weighted by Crippen LogP contribution is 2.20. The Labute approximate surface area is 107 Å². The summed E-state index contributed by atoms with van der Waals surface area (Å²) < 4.78 is 11.6. The molecule has 2 aromatic rings. The van der Waals surface area contributed by atoms with Gasteiger partial charge in [-0.1, -0.05) is 24.2 Å². The Balaban J connectivity index is 1.99. The minimum Gasteiger partial charge on any atom is -0.484 e. The van der Waals surface area contributed by atoms with Gasteiger partial charge in [-0.25, -0.2) is 0 Å². The highest BCUT2D eigenvalue weighted by atomic mass is 127. The number of nitrogens with zero attached hydrogens (tertiary/aromatic N) is 2. The molecule has 0 saturated heterocycles. The molecule has 0 N–H and O–H groups in total. The number of ether oxygens (including phenoxy) is 1. The van der Waals surface area contributed by atoms with Crippen molar-refractivity contribution in [2.45, 2.75) is 20.0 Å². The molecule has 0 fully saturated rings. The molecule has 2 rings (SSSR count). The van der Waals surface area contributed by atoms with Crippen molar-refractivity contribution >= 4 is 22.6 Å². The zero-order valence-corrected chi connectivity index (χ0v) is 11.0. The summed E-state index contributed by atoms with van der Waals surface area (Å²) in [6, 6.07) is 7.82. The third-order valence-electron chi connectivity index (χ3n) is 2.01. The fraction of sp³-hybridized carbons (Fsp3) is 0.273. The van der Waals surface area contributed by atoms with Crippen molar-refractivity contribution in [2.75, 3.05) is 0 Å². The standard InChI is InChI=1S/C11H11IN2O2/c1-2-11-13-10(14-16-11)7-15-9-6-4-3-5-8(9)12/h3-6H,2,7H2,1H3. The van der Waals surface area contributed by atoms with Crippen LogP contribution in [0.15, 0.2) is 28.8 Å². The predicted octanol–water partition coefficient (Wildman–Crippen LogP) is 2.82. The number of aryl methyl sites for hydroxylation is 1. The van der Waals surface area contributed by atoms with E-state index in [-0.39, 0.29) is 0 Å². The molecule has 0 atom stereocenters. The van der Waals surface area contributed by atoms with Gasteiger partial charge in [0.2, 0.25) is 11.7 Å². The Hall–Kier alpha value is -1.11. The molecule has 0 radical (unpaired) electrons. The van der Waals surface area contributed by atoms with Gasteiger partial charge in [0.25, 0.3) is 0 Å². The molecule has 0 bridgehead atoms. The average molecular weight is 330 g/mol. The first-order valence-electron chi connectivity index (χ1n) is 4.98. The van der Waals surface area contributed by atoms with Crippen molar-refractivity contribution in [1.82, 2.24) is 10.1 Å². The van der Waals surface area contributed by atoms with E-state index >= 15 is 0 Å². The molecule has 16 heavy (non-hydrogen) atoms. The smallest absolute Gasteiger partial charge is 0.226 e. The van der Waals surface area contributed by atoms with Crippen LogP contribution in [0.1, 0.15) is 18.6 Å². The van der Waals surface area contributed by atoms with Gasteiger partial charge in [-0.2, -0.15) is 4.98 Å². The van der Waals surface area contributed by atoms with E-state index in [2.05, 4.69) is 32.7 Å². The topological polar surface area (TPSA) is 48.2 Å². The normalized spacial score (nSPS) is 10.4. The van der Waals surface area contributed by atoms with Crippen LogP contribution in [-0.4, -0.2) is 10.1 Å². The van der Waals surface area contributed by atoms with E-state index in [9.17, 15) is 0 Å². The van der Waals surface area contributed by atoms with E-state index in [0.717, 1.165) is 15.7 Å². The molecule has 0 aliphatic carbocycles. The Kier molecular flexibility index (Phi) is 3.76. The predicted molar refractivity (Wildman–Crippen MR) is 67.2 cm³/mol. The van der Waals surface area contributed by atoms with Gasteiger partial charge in [-0.15, -0.1) is 0 Å². The first kappa shape index (κ1) is 11.4. The van der Waals surface area contributed by atoms with Crippen molar-refractivity contribution in [2.24, 2.45) is 0 Å². The van der Waals surface area contributed by atoms with Crippen LogP contribution in [0.4, 0.5) is 0 Å². The highest BCUT2D eigenvalue weighted by Gasteiger charge is 2.06. The largest absolute Gasteiger partial charge is 0.484 e. The summed E-state index contributed by atoms with van der Waals surface area (Å²) in [5.41, 5.74) is 0. The summed E-state index contributed by atoms with van der Waals surface area (Å²) in [4.78, 5) is 4.17. The van der Waals surface area contributed by atoms with Crippen molar-refractivity contribution < 1.29 is 9.26 Å². The first-order chi connectivity index (χ1) is 7.79. The van der Waals surface area contributed by atoms with E-state index in [1.807, 2.05) is 31.2 Å². The molecule has 0 spiro atoms. The lowest BCUT2D eigenvalue weighted by atomic mass is 10.3. The van der Waals surface area contributed by atoms with Crippen molar-refractivity contribution in [3.05, 3.63) is 39.6 Å². The third-order valence-corrected chi connectivity index (χ3v) is 2.90. The summed E-state index contributed by atoms with van der Waals surface area (Å²) in [7, 11) is 0. The number of para-hydroxylation sites is 1. The van der Waals surface area contributed by atoms with Gasteiger partial charge < -0.3 is 9.26 Å². The number of halogens is 1. The summed E-state index contributed by atoms with van der Waals surface area (Å²) in [6.07, 6.45) is 0.746. The van der Waals surface area contributed by atoms with Crippen LogP contribution in [0, 0.1) is 3.57 Å². The van der Waals surface area contributed by atoms with Crippen molar-refractivity contribution in [1.29, 1.82) is 0 Å². The number of rotatable bonds is 4. The van der Waals surface area contributed by atoms with E-state index < -0.39 is 0 Å². The molecule has 0 aliphatic heterocycles. The third kappa shape index (κ3) is 2.72. The fourth-order valence-corrected chi connectivity index (χ4v) is 1.74. The molecule has 1 heterocycles. The van der Waals surface area contributed by atoms with E-state index in [4.69, 9.17) is 9.26 Å². The molecule has 84 valence electrons. The number of benzene rings is 1. The van der Waals surface area contributed by atoms with Crippen molar-refractivity contribution in [3.8, 4) is 5.75 Å². The molecule has 1 aromatic carbocycles. The highest BCUT2D eigenvalue weighted by molar-refractivity contribution is 14.1. The van der Waals surface area contributed by atoms with Crippen LogP contribution < -0.4 is 4.74 Å². The van der Waals surface area contributed by atoms with Gasteiger partial charge in [0.15, 0.2) is 6.61 Å². The molecular formula is C11H11IN2O2. The van der Waals surface area contributed by atoms with Gasteiger partial charge in [-0.3, -0.25) is 0 Å². The van der Waals surface area contributed by atoms with Crippen LogP contribution in [0.2, 0.25) is 0 Å². The zero-order valence-electron chi connectivity index (χ0n) is 8.81. The SMILES string of the molecule is CCc1nc(COc2ccccc2I)no1. The van der Waals surface area contributed by atoms with Crippen LogP contribution >= 0.6 is 22.6 Å². The molecule has 0 unspecified atom stereocenters. The average Bonchev–Trinajstić information content (AvgIpc) is 2.76. The Morgan fingerprint density at radius 3 is 2.88 bits per heavy atom. The number of hydrogen-bond donors (Lipinski definition) is 0. The maximum Gasteiger partial charge on any atom is 0.226 e. The summed E-state index contributed by atoms with van der Waals surface area (Å²) in [6.45, 7) is 2.31. The second kappa shape index (κ2) is 5.29. The zero-order chi connectivity index (χ0) is 11.4. The van der Waals surface area contributed by atoms with Gasteiger partial charge in [-0.05, 0) is 34.7 Å². The van der Waals surface area contributed by atoms with Gasteiger partial charge in [0, 0.05) is 6.42 Å². The number of hydrogen-bond acceptors (Lipinski definition) is 4. The number of aromatic nitrogens is 2. The fourth-order valence-electron chi connectivity index (χ4n) is 1.20. The van der Waals surface area contributed by atoms with Crippen LogP contribution in [0.5, 0.6) is 5.75 Å². The minimum atomic E-state index is 0.337. The first-order valence-corrected chi connectivity index (χ1v) is 6.06. The maximum absolute atomic E-state index is 5.59. The lowest BCUT2D eigenvalue weighted by molar-refractivity contribution is 0.283. The Morgan fingerprint density at radius 1 is 1.38 bits per heavy atom. The Morgan fingerprint density at radius 2 is 2.19 bits per heavy atom. The van der Waals surface area contributed by atoms with Gasteiger partial charge >= 0.3 is 0 Å². The van der Waals surface area contributed by atoms with Gasteiger partial charge in [0.05, 0.1) is 3.57 Å². The lowest BCUT2D eigenvalue weighted by Crippen LogP contribution is -1.98. The lowest BCUT2D eigenvalue weighted by Gasteiger charge is -2.04. The van der Waals surface area contributed by atoms with Crippen LogP contribution in [0.25, 0.3) is 0 Å². The molecule has 4 nitrogen and oxygen atoms in total. The Bertz CT molecular complexity index is 471. The van der Waals surface area contributed by atoms with Crippen LogP contribution in [-0.2, 0) is 13.0 Å². The second-order valence-electron chi connectivity index (χ2n) is 3.18. The molecule has 0 aliphatic rings. The molecule has 1 aromatic heterocycles. The second-order valence-corrected chi connectivity index (χ2v) is 4.34. The van der Waals surface area contributed by atoms with Crippen LogP contribution in [0.3, 0.4) is 0 Å². The van der Waals surface area contributed by atoms with Crippen molar-refractivity contribution in [3.63, 3.8) is 0 Å². The van der Waals surface area contributed by atoms with E-state index in [1.165, 1.54) is 0 Å². The minimum absolute atomic E-state index is 0.337. The molecular weight excluding hydrogens is 319 g/mol. The maximum atomic E-state index is 5.59. The molecule has 0 amide bonds. The monoisotopic (exact) mass is 330 g/mol. The van der Waals surface area contributed by atoms with E-state index in [1.54, 1.807) is 0 Å². The summed E-state index contributed by atoms with van der Waals surface area (Å²) in [5.74, 6) is 2.06. The molecule has 5 heteroatoms. The molecule has 0 saturated carbocycles. The quantitative estimate of drug-likeness (QED) is 0.809. The summed E-state index contributed by atoms with van der Waals surface area (Å²) in [5, 5.41) is 3.82.